The highest BCUT2D eigenvalue weighted by molar-refractivity contribution is 7.91. The number of carbonyl (C=O) groups excluding carboxylic acids is 1. The number of likely N-dealkylation sites (tertiary alicyclic amines) is 1. The maximum Gasteiger partial charge on any atom is 0.309 e. The summed E-state index contributed by atoms with van der Waals surface area (Å²) in [6, 6.07) is 16.6. The molecule has 5 rings (SSSR count). The third-order valence-corrected chi connectivity index (χ3v) is 10.0. The highest BCUT2D eigenvalue weighted by Crippen LogP contribution is 2.42. The summed E-state index contributed by atoms with van der Waals surface area (Å²) in [5.41, 5.74) is 7.46. The predicted octanol–water partition coefficient (Wildman–Crippen LogP) is 5.49. The molecule has 44 heavy (non-hydrogen) atoms. The summed E-state index contributed by atoms with van der Waals surface area (Å²) in [6.07, 6.45) is 1.76. The summed E-state index contributed by atoms with van der Waals surface area (Å²) in [5, 5.41) is 15.4. The first-order valence-corrected chi connectivity index (χ1v) is 16.3. The van der Waals surface area contributed by atoms with E-state index in [0.29, 0.717) is 34.4 Å². The predicted molar refractivity (Wildman–Crippen MR) is 170 cm³/mol. The van der Waals surface area contributed by atoms with Crippen molar-refractivity contribution in [2.45, 2.75) is 37.2 Å². The van der Waals surface area contributed by atoms with Crippen LogP contribution in [-0.4, -0.2) is 54.2 Å². The van der Waals surface area contributed by atoms with Crippen LogP contribution in [0.15, 0.2) is 77.8 Å². The van der Waals surface area contributed by atoms with E-state index in [1.807, 2.05) is 19.1 Å². The lowest BCUT2D eigenvalue weighted by atomic mass is 9.93. The number of carboxylic acids is 1. The van der Waals surface area contributed by atoms with E-state index in [0.717, 1.165) is 10.8 Å². The van der Waals surface area contributed by atoms with Crippen LogP contribution >= 0.6 is 11.6 Å². The first kappa shape index (κ1) is 31.1. The molecule has 4 aromatic rings. The Kier molecular flexibility index (Phi) is 8.98. The molecule has 10 nitrogen and oxygen atoms in total. The number of nitrogens with one attached hydrogen (secondary N) is 1. The highest BCUT2D eigenvalue weighted by Gasteiger charge is 2.45. The average molecular weight is 637 g/mol. The Bertz CT molecular complexity index is 1830. The zero-order valence-electron chi connectivity index (χ0n) is 24.2. The van der Waals surface area contributed by atoms with E-state index in [1.54, 1.807) is 54.7 Å². The molecular weight excluding hydrogens is 604 g/mol. The SMILES string of the molecule is CCOc1cc([C@H](Nc2ccc3c(N)nccc3c2)C(=O)N2CC[C@H](C(=O)O)[C@@H]2c2ccccc2S(=O)(=O)CC)ccc1Cl. The van der Waals surface area contributed by atoms with Gasteiger partial charge in [0.1, 0.15) is 17.6 Å². The highest BCUT2D eigenvalue weighted by atomic mass is 35.5. The molecule has 1 fully saturated rings. The Balaban J connectivity index is 1.62. The molecule has 0 saturated carbocycles. The number of amides is 1. The molecule has 0 spiro atoms. The van der Waals surface area contributed by atoms with Gasteiger partial charge in [0.05, 0.1) is 34.2 Å². The van der Waals surface area contributed by atoms with Crippen molar-refractivity contribution in [3.05, 3.63) is 89.1 Å². The van der Waals surface area contributed by atoms with Gasteiger partial charge in [0, 0.05) is 23.8 Å². The summed E-state index contributed by atoms with van der Waals surface area (Å²) in [7, 11) is -3.72. The Morgan fingerprint density at radius 3 is 2.64 bits per heavy atom. The molecule has 230 valence electrons. The molecule has 1 amide bonds. The second kappa shape index (κ2) is 12.7. The van der Waals surface area contributed by atoms with E-state index in [1.165, 1.54) is 17.9 Å². The largest absolute Gasteiger partial charge is 0.492 e. The van der Waals surface area contributed by atoms with Crippen molar-refractivity contribution in [2.24, 2.45) is 5.92 Å². The van der Waals surface area contributed by atoms with Crippen LogP contribution in [-0.2, 0) is 19.4 Å². The van der Waals surface area contributed by atoms with Crippen LogP contribution in [0.2, 0.25) is 5.02 Å². The van der Waals surface area contributed by atoms with Crippen LogP contribution in [0.1, 0.15) is 43.5 Å². The van der Waals surface area contributed by atoms with E-state index in [9.17, 15) is 23.1 Å². The van der Waals surface area contributed by atoms with Crippen molar-refractivity contribution in [1.82, 2.24) is 9.88 Å². The van der Waals surface area contributed by atoms with Gasteiger partial charge in [-0.05, 0) is 72.3 Å². The van der Waals surface area contributed by atoms with Crippen molar-refractivity contribution >= 4 is 55.6 Å². The number of ether oxygens (including phenoxy) is 1. The fourth-order valence-corrected chi connectivity index (χ4v) is 7.04. The van der Waals surface area contributed by atoms with Crippen molar-refractivity contribution < 1.29 is 27.9 Å². The number of aromatic nitrogens is 1. The van der Waals surface area contributed by atoms with Gasteiger partial charge in [-0.1, -0.05) is 42.8 Å². The van der Waals surface area contributed by atoms with Gasteiger partial charge in [-0.15, -0.1) is 0 Å². The maximum absolute atomic E-state index is 14.6. The number of hydrogen-bond acceptors (Lipinski definition) is 8. The van der Waals surface area contributed by atoms with Crippen LogP contribution in [0.5, 0.6) is 5.75 Å². The Morgan fingerprint density at radius 1 is 1.14 bits per heavy atom. The summed E-state index contributed by atoms with van der Waals surface area (Å²) in [4.78, 5) is 32.7. The molecule has 0 unspecified atom stereocenters. The average Bonchev–Trinajstić information content (AvgIpc) is 3.47. The van der Waals surface area contributed by atoms with E-state index in [4.69, 9.17) is 22.1 Å². The molecule has 3 aromatic carbocycles. The molecule has 1 aliphatic rings. The molecule has 2 heterocycles. The smallest absolute Gasteiger partial charge is 0.309 e. The Hall–Kier alpha value is -4.35. The minimum atomic E-state index is -3.72. The van der Waals surface area contributed by atoms with Crippen LogP contribution < -0.4 is 15.8 Å². The van der Waals surface area contributed by atoms with Gasteiger partial charge in [0.2, 0.25) is 5.91 Å². The standard InChI is InChI=1S/C32H33ClN4O6S/c1-3-43-26-18-20(9-12-25(26)33)28(36-21-10-11-22-19(17-21)13-15-35-30(22)34)31(38)37-16-14-24(32(39)40)29(37)23-7-5-6-8-27(23)44(41,42)4-2/h5-13,15,17-18,24,28-29,36H,3-4,14,16H2,1-2H3,(H2,34,35)(H,39,40)/t24-,28-,29-/m0/s1. The van der Waals surface area contributed by atoms with Crippen molar-refractivity contribution in [3.63, 3.8) is 0 Å². The zero-order valence-corrected chi connectivity index (χ0v) is 25.8. The number of halogens is 1. The number of benzene rings is 3. The van der Waals surface area contributed by atoms with Gasteiger partial charge in [-0.2, -0.15) is 0 Å². The molecule has 12 heteroatoms. The van der Waals surface area contributed by atoms with Crippen molar-refractivity contribution in [2.75, 3.05) is 30.0 Å². The van der Waals surface area contributed by atoms with Gasteiger partial charge in [0.15, 0.2) is 9.84 Å². The van der Waals surface area contributed by atoms with E-state index in [2.05, 4.69) is 10.3 Å². The molecule has 1 aliphatic heterocycles. The number of nitrogens with zero attached hydrogens (tertiary/aromatic N) is 2. The Labute approximate surface area is 260 Å². The Morgan fingerprint density at radius 2 is 1.91 bits per heavy atom. The number of hydrogen-bond donors (Lipinski definition) is 3. The molecular formula is C32H33ClN4O6S. The molecule has 0 aliphatic carbocycles. The van der Waals surface area contributed by atoms with E-state index >= 15 is 0 Å². The van der Waals surface area contributed by atoms with Gasteiger partial charge in [0.25, 0.3) is 0 Å². The van der Waals surface area contributed by atoms with Gasteiger partial charge in [-0.25, -0.2) is 13.4 Å². The third kappa shape index (κ3) is 6.02. The number of rotatable bonds is 10. The minimum Gasteiger partial charge on any atom is -0.492 e. The lowest BCUT2D eigenvalue weighted by molar-refractivity contribution is -0.143. The van der Waals surface area contributed by atoms with Crippen LogP contribution in [0.25, 0.3) is 10.8 Å². The lowest BCUT2D eigenvalue weighted by Gasteiger charge is -2.32. The monoisotopic (exact) mass is 636 g/mol. The third-order valence-electron chi connectivity index (χ3n) is 7.89. The fraction of sp³-hybridized carbons (Fsp3) is 0.281. The topological polar surface area (TPSA) is 152 Å². The number of carbonyl (C=O) groups is 2. The maximum atomic E-state index is 14.6. The molecule has 1 aromatic heterocycles. The second-order valence-corrected chi connectivity index (χ2v) is 13.1. The number of aliphatic carboxylic acids is 1. The zero-order chi connectivity index (χ0) is 31.6. The van der Waals surface area contributed by atoms with Gasteiger partial charge < -0.3 is 25.8 Å². The van der Waals surface area contributed by atoms with Crippen LogP contribution in [0.4, 0.5) is 11.5 Å². The number of carboxylic acid groups (broad SMARTS) is 1. The van der Waals surface area contributed by atoms with E-state index < -0.39 is 39.7 Å². The number of anilines is 2. The molecule has 0 bridgehead atoms. The van der Waals surface area contributed by atoms with Gasteiger partial charge >= 0.3 is 5.97 Å². The molecule has 1 saturated heterocycles. The van der Waals surface area contributed by atoms with Crippen molar-refractivity contribution in [3.8, 4) is 5.75 Å². The number of fused-ring (bicyclic) bond motifs is 1. The number of nitrogens with two attached hydrogens (primary N) is 1. The summed E-state index contributed by atoms with van der Waals surface area (Å²) in [5.74, 6) is -1.94. The van der Waals surface area contributed by atoms with Gasteiger partial charge in [-0.3, -0.25) is 9.59 Å². The summed E-state index contributed by atoms with van der Waals surface area (Å²) < 4.78 is 31.9. The molecule has 0 radical (unpaired) electrons. The summed E-state index contributed by atoms with van der Waals surface area (Å²) in [6.45, 7) is 3.82. The van der Waals surface area contributed by atoms with Crippen molar-refractivity contribution in [1.29, 1.82) is 0 Å². The molecule has 4 N–H and O–H groups in total. The number of nitrogen functional groups attached to an aromatic ring is 1. The quantitative estimate of drug-likeness (QED) is 0.205. The van der Waals surface area contributed by atoms with E-state index in [-0.39, 0.29) is 29.2 Å². The first-order chi connectivity index (χ1) is 21.1. The second-order valence-electron chi connectivity index (χ2n) is 10.5. The normalized spacial score (nSPS) is 17.4. The van der Waals surface area contributed by atoms with Crippen LogP contribution in [0, 0.1) is 5.92 Å². The lowest BCUT2D eigenvalue weighted by Crippen LogP contribution is -2.39. The minimum absolute atomic E-state index is 0.0220. The van der Waals surface area contributed by atoms with Crippen LogP contribution in [0.3, 0.4) is 0 Å². The summed E-state index contributed by atoms with van der Waals surface area (Å²) >= 11 is 6.38. The number of sulfone groups is 1. The first-order valence-electron chi connectivity index (χ1n) is 14.2. The molecule has 3 atom stereocenters. The number of pyridine rings is 1. The fourth-order valence-electron chi connectivity index (χ4n) is 5.72.